The molecule has 3 N–H and O–H groups in total. The van der Waals surface area contributed by atoms with E-state index in [1.54, 1.807) is 0 Å². The highest BCUT2D eigenvalue weighted by Gasteiger charge is 2.31. The van der Waals surface area contributed by atoms with Gasteiger partial charge in [0.25, 0.3) is 0 Å². The van der Waals surface area contributed by atoms with Crippen LogP contribution >= 0.6 is 0 Å². The molecule has 0 aliphatic carbocycles. The zero-order valence-corrected chi connectivity index (χ0v) is 9.32. The van der Waals surface area contributed by atoms with Gasteiger partial charge in [0.15, 0.2) is 0 Å². The van der Waals surface area contributed by atoms with E-state index in [4.69, 9.17) is 0 Å². The van der Waals surface area contributed by atoms with Gasteiger partial charge < -0.3 is 16.0 Å². The van der Waals surface area contributed by atoms with Gasteiger partial charge in [-0.2, -0.15) is 0 Å². The van der Waals surface area contributed by atoms with Gasteiger partial charge in [0.1, 0.15) is 5.67 Å². The van der Waals surface area contributed by atoms with Gasteiger partial charge in [0.2, 0.25) is 0 Å². The van der Waals surface area contributed by atoms with Gasteiger partial charge in [0.05, 0.1) is 0 Å². The predicted octanol–water partition coefficient (Wildman–Crippen LogP) is 0.420. The lowest BCUT2D eigenvalue weighted by Gasteiger charge is -2.25. The highest BCUT2D eigenvalue weighted by molar-refractivity contribution is 4.88. The number of rotatable bonds is 3. The molecule has 0 radical (unpaired) electrons. The molecular formula is C11H22FN3. The summed E-state index contributed by atoms with van der Waals surface area (Å²) in [6.45, 7) is 4.38. The third-order valence-corrected chi connectivity index (χ3v) is 3.50. The number of halogens is 1. The molecule has 2 heterocycles. The predicted molar refractivity (Wildman–Crippen MR) is 59.8 cm³/mol. The molecule has 4 heteroatoms. The Bertz CT molecular complexity index is 184. The molecule has 0 spiro atoms. The van der Waals surface area contributed by atoms with E-state index in [1.807, 2.05) is 0 Å². The molecule has 2 saturated heterocycles. The van der Waals surface area contributed by atoms with Crippen molar-refractivity contribution < 1.29 is 4.39 Å². The van der Waals surface area contributed by atoms with E-state index in [2.05, 4.69) is 16.0 Å². The van der Waals surface area contributed by atoms with Gasteiger partial charge in [-0.1, -0.05) is 0 Å². The number of hydrogen-bond acceptors (Lipinski definition) is 3. The highest BCUT2D eigenvalue weighted by atomic mass is 19.1. The van der Waals surface area contributed by atoms with Gasteiger partial charge in [-0.15, -0.1) is 0 Å². The lowest BCUT2D eigenvalue weighted by molar-refractivity contribution is 0.137. The van der Waals surface area contributed by atoms with Gasteiger partial charge in [-0.3, -0.25) is 0 Å². The molecule has 0 bridgehead atoms. The fraction of sp³-hybridized carbons (Fsp3) is 1.00. The summed E-state index contributed by atoms with van der Waals surface area (Å²) >= 11 is 0. The summed E-state index contributed by atoms with van der Waals surface area (Å²) in [5, 5.41) is 9.89. The summed E-state index contributed by atoms with van der Waals surface area (Å²) in [7, 11) is 0. The Morgan fingerprint density at radius 1 is 1.20 bits per heavy atom. The van der Waals surface area contributed by atoms with Crippen LogP contribution in [0.15, 0.2) is 0 Å². The van der Waals surface area contributed by atoms with Crippen LogP contribution in [0.5, 0.6) is 0 Å². The van der Waals surface area contributed by atoms with Gasteiger partial charge in [0, 0.05) is 19.1 Å². The maximum atomic E-state index is 14.4. The highest BCUT2D eigenvalue weighted by Crippen LogP contribution is 2.23. The first kappa shape index (κ1) is 11.3. The lowest BCUT2D eigenvalue weighted by atomic mass is 9.96. The Kier molecular flexibility index (Phi) is 3.94. The molecule has 2 rings (SSSR count). The van der Waals surface area contributed by atoms with Crippen molar-refractivity contribution in [3.63, 3.8) is 0 Å². The molecule has 15 heavy (non-hydrogen) atoms. The van der Waals surface area contributed by atoms with E-state index in [9.17, 15) is 4.39 Å². The first-order valence-corrected chi connectivity index (χ1v) is 6.12. The van der Waals surface area contributed by atoms with E-state index in [-0.39, 0.29) is 0 Å². The van der Waals surface area contributed by atoms with Crippen molar-refractivity contribution in [3.8, 4) is 0 Å². The SMILES string of the molecule is FC1(CNC2CCNC2)CCCNCC1. The van der Waals surface area contributed by atoms with Gasteiger partial charge >= 0.3 is 0 Å². The Morgan fingerprint density at radius 3 is 2.93 bits per heavy atom. The van der Waals surface area contributed by atoms with Crippen LogP contribution < -0.4 is 16.0 Å². The molecule has 2 fully saturated rings. The van der Waals surface area contributed by atoms with E-state index in [0.29, 0.717) is 25.4 Å². The molecule has 0 aromatic carbocycles. The fourth-order valence-electron chi connectivity index (χ4n) is 2.43. The minimum Gasteiger partial charge on any atom is -0.317 e. The van der Waals surface area contributed by atoms with E-state index >= 15 is 0 Å². The normalized spacial score (nSPS) is 37.8. The van der Waals surface area contributed by atoms with Crippen LogP contribution in [0.4, 0.5) is 4.39 Å². The standard InChI is InChI=1S/C11H22FN3/c12-11(3-1-5-13-7-4-11)9-15-10-2-6-14-8-10/h10,13-15H,1-9H2. The maximum absolute atomic E-state index is 14.4. The van der Waals surface area contributed by atoms with Crippen LogP contribution in [0.1, 0.15) is 25.7 Å². The number of hydrogen-bond donors (Lipinski definition) is 3. The summed E-state index contributed by atoms with van der Waals surface area (Å²) < 4.78 is 14.4. The fourth-order valence-corrected chi connectivity index (χ4v) is 2.43. The molecule has 0 aromatic rings. The molecule has 2 aliphatic heterocycles. The summed E-state index contributed by atoms with van der Waals surface area (Å²) in [6, 6.07) is 0.480. The Labute approximate surface area is 91.2 Å². The third-order valence-electron chi connectivity index (χ3n) is 3.50. The van der Waals surface area contributed by atoms with Crippen molar-refractivity contribution in [3.05, 3.63) is 0 Å². The minimum absolute atomic E-state index is 0.480. The van der Waals surface area contributed by atoms with Crippen molar-refractivity contribution in [2.24, 2.45) is 0 Å². The minimum atomic E-state index is -0.980. The molecule has 88 valence electrons. The van der Waals surface area contributed by atoms with Crippen LogP contribution in [0.25, 0.3) is 0 Å². The van der Waals surface area contributed by atoms with Crippen molar-refractivity contribution in [1.29, 1.82) is 0 Å². The molecule has 2 aliphatic rings. The Balaban J connectivity index is 1.75. The lowest BCUT2D eigenvalue weighted by Crippen LogP contribution is -2.43. The average Bonchev–Trinajstić information content (AvgIpc) is 2.65. The van der Waals surface area contributed by atoms with E-state index in [0.717, 1.165) is 39.0 Å². The van der Waals surface area contributed by atoms with Crippen molar-refractivity contribution in [1.82, 2.24) is 16.0 Å². The van der Waals surface area contributed by atoms with Crippen LogP contribution in [0, 0.1) is 0 Å². The van der Waals surface area contributed by atoms with Crippen LogP contribution in [-0.2, 0) is 0 Å². The average molecular weight is 215 g/mol. The first-order chi connectivity index (χ1) is 7.29. The third kappa shape index (κ3) is 3.40. The molecule has 2 unspecified atom stereocenters. The van der Waals surface area contributed by atoms with Crippen LogP contribution in [0.3, 0.4) is 0 Å². The monoisotopic (exact) mass is 215 g/mol. The van der Waals surface area contributed by atoms with Crippen molar-refractivity contribution >= 4 is 0 Å². The van der Waals surface area contributed by atoms with E-state index < -0.39 is 5.67 Å². The molecular weight excluding hydrogens is 193 g/mol. The number of alkyl halides is 1. The Morgan fingerprint density at radius 2 is 2.13 bits per heavy atom. The second-order valence-electron chi connectivity index (χ2n) is 4.83. The van der Waals surface area contributed by atoms with Crippen LogP contribution in [-0.4, -0.2) is 44.4 Å². The van der Waals surface area contributed by atoms with Gasteiger partial charge in [-0.25, -0.2) is 4.39 Å². The second kappa shape index (κ2) is 5.23. The zero-order valence-electron chi connectivity index (χ0n) is 9.32. The summed E-state index contributed by atoms with van der Waals surface area (Å²) in [4.78, 5) is 0. The molecule has 0 saturated carbocycles. The molecule has 2 atom stereocenters. The maximum Gasteiger partial charge on any atom is 0.124 e. The molecule has 3 nitrogen and oxygen atoms in total. The second-order valence-corrected chi connectivity index (χ2v) is 4.83. The summed E-state index contributed by atoms with van der Waals surface area (Å²) in [5.74, 6) is 0. The summed E-state index contributed by atoms with van der Waals surface area (Å²) in [6.07, 6.45) is 3.45. The van der Waals surface area contributed by atoms with Gasteiger partial charge in [-0.05, 0) is 45.3 Å². The smallest absolute Gasteiger partial charge is 0.124 e. The molecule has 0 aromatic heterocycles. The number of nitrogens with one attached hydrogen (secondary N) is 3. The zero-order chi connectivity index (χ0) is 10.6. The van der Waals surface area contributed by atoms with Crippen molar-refractivity contribution in [2.75, 3.05) is 32.7 Å². The largest absolute Gasteiger partial charge is 0.317 e. The van der Waals surface area contributed by atoms with Crippen molar-refractivity contribution in [2.45, 2.75) is 37.4 Å². The topological polar surface area (TPSA) is 36.1 Å². The summed E-state index contributed by atoms with van der Waals surface area (Å²) in [5.41, 5.74) is -0.980. The molecule has 0 amide bonds. The Hall–Kier alpha value is -0.190. The van der Waals surface area contributed by atoms with Crippen LogP contribution in [0.2, 0.25) is 0 Å². The quantitative estimate of drug-likeness (QED) is 0.638. The first-order valence-electron chi connectivity index (χ1n) is 6.12. The van der Waals surface area contributed by atoms with E-state index in [1.165, 1.54) is 0 Å².